The predicted octanol–water partition coefficient (Wildman–Crippen LogP) is 3.94. The van der Waals surface area contributed by atoms with Crippen LogP contribution in [-0.2, 0) is 4.74 Å². The van der Waals surface area contributed by atoms with Gasteiger partial charge in [0.2, 0.25) is 0 Å². The zero-order valence-electron chi connectivity index (χ0n) is 12.5. The summed E-state index contributed by atoms with van der Waals surface area (Å²) in [5.41, 5.74) is 2.51. The van der Waals surface area contributed by atoms with E-state index in [1.54, 1.807) is 0 Å². The highest BCUT2D eigenvalue weighted by atomic mass is 16.6. The Morgan fingerprint density at radius 3 is 2.30 bits per heavy atom. The molecular weight excluding hydrogens is 250 g/mol. The van der Waals surface area contributed by atoms with Crippen LogP contribution in [0.5, 0.6) is 0 Å². The maximum atomic E-state index is 11.7. The average Bonchev–Trinajstić information content (AvgIpc) is 3.21. The van der Waals surface area contributed by atoms with Gasteiger partial charge in [-0.3, -0.25) is 0 Å². The van der Waals surface area contributed by atoms with E-state index >= 15 is 0 Å². The van der Waals surface area contributed by atoms with Crippen molar-refractivity contribution in [2.75, 3.05) is 0 Å². The Labute approximate surface area is 120 Å². The van der Waals surface area contributed by atoms with Gasteiger partial charge in [0.05, 0.1) is 0 Å². The Hall–Kier alpha value is -1.51. The van der Waals surface area contributed by atoms with E-state index in [4.69, 9.17) is 4.74 Å². The molecule has 2 fully saturated rings. The maximum Gasteiger partial charge on any atom is 0.407 e. The normalized spacial score (nSPS) is 25.1. The Morgan fingerprint density at radius 1 is 1.15 bits per heavy atom. The average molecular weight is 273 g/mol. The van der Waals surface area contributed by atoms with E-state index in [2.05, 4.69) is 29.6 Å². The molecule has 0 radical (unpaired) electrons. The van der Waals surface area contributed by atoms with Gasteiger partial charge in [0.25, 0.3) is 0 Å². The minimum atomic E-state index is -0.306. The number of carbonyl (C=O) groups is 1. The van der Waals surface area contributed by atoms with Gasteiger partial charge in [-0.15, -0.1) is 0 Å². The van der Waals surface area contributed by atoms with Crippen LogP contribution in [0.15, 0.2) is 24.3 Å². The molecule has 3 heteroatoms. The van der Waals surface area contributed by atoms with Crippen LogP contribution in [0, 0.1) is 0 Å². The van der Waals surface area contributed by atoms with Crippen LogP contribution in [0.4, 0.5) is 4.79 Å². The third-order valence-electron chi connectivity index (χ3n) is 3.88. The van der Waals surface area contributed by atoms with Crippen LogP contribution in [0.2, 0.25) is 0 Å². The quantitative estimate of drug-likeness (QED) is 0.905. The predicted molar refractivity (Wildman–Crippen MR) is 78.9 cm³/mol. The second-order valence-corrected chi connectivity index (χ2v) is 7.10. The van der Waals surface area contributed by atoms with Gasteiger partial charge in [0.1, 0.15) is 6.10 Å². The molecule has 1 aromatic rings. The lowest BCUT2D eigenvalue weighted by molar-refractivity contribution is 0.128. The van der Waals surface area contributed by atoms with Crippen LogP contribution < -0.4 is 5.32 Å². The van der Waals surface area contributed by atoms with Gasteiger partial charge in [-0.05, 0) is 57.1 Å². The SMILES string of the molecule is CC(C)(C)NC(=O)OC1CC1c1ccc(C2CC2)cc1. The molecule has 2 atom stereocenters. The summed E-state index contributed by atoms with van der Waals surface area (Å²) < 4.78 is 5.44. The van der Waals surface area contributed by atoms with Gasteiger partial charge in [0.15, 0.2) is 0 Å². The van der Waals surface area contributed by atoms with Crippen LogP contribution in [-0.4, -0.2) is 17.7 Å². The van der Waals surface area contributed by atoms with Crippen LogP contribution in [0.3, 0.4) is 0 Å². The molecule has 2 aliphatic carbocycles. The second-order valence-electron chi connectivity index (χ2n) is 7.10. The van der Waals surface area contributed by atoms with Gasteiger partial charge >= 0.3 is 6.09 Å². The zero-order valence-corrected chi connectivity index (χ0v) is 12.5. The highest BCUT2D eigenvalue weighted by Gasteiger charge is 2.42. The zero-order chi connectivity index (χ0) is 14.3. The number of rotatable bonds is 3. The molecule has 3 nitrogen and oxygen atoms in total. The maximum absolute atomic E-state index is 11.7. The summed E-state index contributed by atoms with van der Waals surface area (Å²) in [5.74, 6) is 1.18. The molecule has 0 aliphatic heterocycles. The Balaban J connectivity index is 1.52. The van der Waals surface area contributed by atoms with E-state index < -0.39 is 0 Å². The third kappa shape index (κ3) is 3.33. The smallest absolute Gasteiger partial charge is 0.407 e. The second kappa shape index (κ2) is 4.80. The van der Waals surface area contributed by atoms with Crippen molar-refractivity contribution in [3.8, 4) is 0 Å². The first kappa shape index (κ1) is 13.5. The Morgan fingerprint density at radius 2 is 1.75 bits per heavy atom. The van der Waals surface area contributed by atoms with Crippen LogP contribution >= 0.6 is 0 Å². The van der Waals surface area contributed by atoms with E-state index in [9.17, 15) is 4.79 Å². The lowest BCUT2D eigenvalue weighted by Crippen LogP contribution is -2.41. The van der Waals surface area contributed by atoms with E-state index in [-0.39, 0.29) is 17.7 Å². The highest BCUT2D eigenvalue weighted by Crippen LogP contribution is 2.45. The van der Waals surface area contributed by atoms with Crippen LogP contribution in [0.25, 0.3) is 0 Å². The van der Waals surface area contributed by atoms with E-state index in [0.29, 0.717) is 5.92 Å². The molecule has 0 aromatic heterocycles. The molecule has 0 bridgehead atoms. The molecule has 2 unspecified atom stereocenters. The van der Waals surface area contributed by atoms with Crippen LogP contribution in [0.1, 0.15) is 63.0 Å². The van der Waals surface area contributed by atoms with Gasteiger partial charge in [0, 0.05) is 11.5 Å². The summed E-state index contributed by atoms with van der Waals surface area (Å²) in [5, 5.41) is 2.83. The number of nitrogens with one attached hydrogen (secondary N) is 1. The molecule has 2 aliphatic rings. The van der Waals surface area contributed by atoms with Crippen molar-refractivity contribution in [1.82, 2.24) is 5.32 Å². The van der Waals surface area contributed by atoms with Gasteiger partial charge in [-0.1, -0.05) is 24.3 Å². The summed E-state index contributed by atoms with van der Waals surface area (Å²) in [6, 6.07) is 8.86. The summed E-state index contributed by atoms with van der Waals surface area (Å²) in [6.07, 6.45) is 3.35. The van der Waals surface area contributed by atoms with E-state index in [1.165, 1.54) is 24.0 Å². The lowest BCUT2D eigenvalue weighted by Gasteiger charge is -2.20. The molecule has 1 N–H and O–H groups in total. The molecule has 1 amide bonds. The first-order valence-corrected chi connectivity index (χ1v) is 7.51. The molecule has 2 saturated carbocycles. The van der Waals surface area contributed by atoms with Gasteiger partial charge in [-0.2, -0.15) is 0 Å². The number of hydrogen-bond donors (Lipinski definition) is 1. The molecule has 0 heterocycles. The molecule has 0 spiro atoms. The van der Waals surface area contributed by atoms with Crippen molar-refractivity contribution in [3.05, 3.63) is 35.4 Å². The van der Waals surface area contributed by atoms with Gasteiger partial charge < -0.3 is 10.1 Å². The number of amides is 1. The standard InChI is InChI=1S/C17H23NO2/c1-17(2,3)18-16(19)20-15-10-14(15)13-8-6-12(7-9-13)11-4-5-11/h6-9,11,14-15H,4-5,10H2,1-3H3,(H,18,19). The summed E-state index contributed by atoms with van der Waals surface area (Å²) in [4.78, 5) is 11.7. The number of carbonyl (C=O) groups excluding carboxylic acids is 1. The topological polar surface area (TPSA) is 38.3 Å². The monoisotopic (exact) mass is 273 g/mol. The first-order chi connectivity index (χ1) is 9.42. The first-order valence-electron chi connectivity index (χ1n) is 7.51. The molecular formula is C17H23NO2. The van der Waals surface area contributed by atoms with Crippen molar-refractivity contribution in [2.24, 2.45) is 0 Å². The Bertz CT molecular complexity index is 497. The summed E-state index contributed by atoms with van der Waals surface area (Å²) >= 11 is 0. The van der Waals surface area contributed by atoms with Crippen molar-refractivity contribution in [1.29, 1.82) is 0 Å². The number of alkyl carbamates (subject to hydrolysis) is 1. The molecule has 108 valence electrons. The summed E-state index contributed by atoms with van der Waals surface area (Å²) in [7, 11) is 0. The van der Waals surface area contributed by atoms with E-state index in [1.807, 2.05) is 20.8 Å². The fourth-order valence-corrected chi connectivity index (χ4v) is 2.56. The van der Waals surface area contributed by atoms with E-state index in [0.717, 1.165) is 12.3 Å². The largest absolute Gasteiger partial charge is 0.446 e. The molecule has 3 rings (SSSR count). The van der Waals surface area contributed by atoms with Crippen molar-refractivity contribution >= 4 is 6.09 Å². The lowest BCUT2D eigenvalue weighted by atomic mass is 10.1. The van der Waals surface area contributed by atoms with Crippen molar-refractivity contribution < 1.29 is 9.53 Å². The molecule has 0 saturated heterocycles. The number of hydrogen-bond acceptors (Lipinski definition) is 2. The number of benzene rings is 1. The summed E-state index contributed by atoms with van der Waals surface area (Å²) in [6.45, 7) is 5.86. The number of ether oxygens (including phenoxy) is 1. The van der Waals surface area contributed by atoms with Gasteiger partial charge in [-0.25, -0.2) is 4.79 Å². The molecule has 1 aromatic carbocycles. The fraction of sp³-hybridized carbons (Fsp3) is 0.588. The fourth-order valence-electron chi connectivity index (χ4n) is 2.56. The Kier molecular flexibility index (Phi) is 3.23. The minimum Gasteiger partial charge on any atom is -0.446 e. The highest BCUT2D eigenvalue weighted by molar-refractivity contribution is 5.68. The molecule has 20 heavy (non-hydrogen) atoms. The third-order valence-corrected chi connectivity index (χ3v) is 3.88. The van der Waals surface area contributed by atoms with Crippen molar-refractivity contribution in [3.63, 3.8) is 0 Å². The van der Waals surface area contributed by atoms with Crippen molar-refractivity contribution in [2.45, 2.75) is 63.5 Å². The minimum absolute atomic E-state index is 0.0455.